The van der Waals surface area contributed by atoms with E-state index in [0.29, 0.717) is 5.75 Å². The molecular weight excluding hydrogens is 354 g/mol. The summed E-state index contributed by atoms with van der Waals surface area (Å²) in [5, 5.41) is 21.1. The van der Waals surface area contributed by atoms with Gasteiger partial charge in [-0.25, -0.2) is 4.79 Å². The number of amides is 1. The lowest BCUT2D eigenvalue weighted by molar-refractivity contribution is -0.135. The van der Waals surface area contributed by atoms with Crippen LogP contribution in [0.25, 0.3) is 22.1 Å². The van der Waals surface area contributed by atoms with Crippen LogP contribution in [0.15, 0.2) is 51.7 Å². The van der Waals surface area contributed by atoms with Crippen LogP contribution in [0.1, 0.15) is 10.4 Å². The molecule has 0 aliphatic rings. The quantitative estimate of drug-likeness (QED) is 0.587. The van der Waals surface area contributed by atoms with Gasteiger partial charge in [0, 0.05) is 0 Å². The number of carbonyl (C=O) groups excluding carboxylic acids is 1. The van der Waals surface area contributed by atoms with Gasteiger partial charge in [0.05, 0.1) is 12.5 Å². The molecule has 1 amide bonds. The van der Waals surface area contributed by atoms with Crippen LogP contribution in [-0.2, 0) is 4.79 Å². The third-order valence-corrected chi connectivity index (χ3v) is 3.93. The van der Waals surface area contributed by atoms with E-state index < -0.39 is 35.4 Å². The molecule has 1 aromatic heterocycles. The number of aromatic hydroxyl groups is 1. The van der Waals surface area contributed by atoms with Crippen LogP contribution in [0.4, 0.5) is 0 Å². The summed E-state index contributed by atoms with van der Waals surface area (Å²) in [7, 11) is 1.56. The molecule has 0 bridgehead atoms. The van der Waals surface area contributed by atoms with Crippen LogP contribution in [0.5, 0.6) is 11.5 Å². The fraction of sp³-hybridized carbons (Fsp3) is 0.105. The number of carboxylic acid groups (broad SMARTS) is 1. The van der Waals surface area contributed by atoms with Crippen LogP contribution < -0.4 is 15.7 Å². The lowest BCUT2D eigenvalue weighted by atomic mass is 10.0. The first-order valence-corrected chi connectivity index (χ1v) is 7.85. The predicted molar refractivity (Wildman–Crippen MR) is 96.1 cm³/mol. The average molecular weight is 369 g/mol. The number of benzene rings is 2. The van der Waals surface area contributed by atoms with Crippen LogP contribution >= 0.6 is 0 Å². The first-order chi connectivity index (χ1) is 12.9. The summed E-state index contributed by atoms with van der Waals surface area (Å²) in [5.74, 6) is -2.17. The van der Waals surface area contributed by atoms with Crippen LogP contribution in [0.2, 0.25) is 0 Å². The van der Waals surface area contributed by atoms with Gasteiger partial charge in [-0.3, -0.25) is 9.59 Å². The number of rotatable bonds is 5. The minimum atomic E-state index is -1.28. The highest BCUT2D eigenvalue weighted by molar-refractivity contribution is 6.02. The standard InChI is InChI=1S/C19H15NO7/c1-26-12-5-2-10(3-6-12)11-4-7-13-14(8-11)27-19(25)16(17(13)23)18(24)20-9-15(21)22/h2-8,23H,9H2,1H3,(H,20,24)(H,21,22). The van der Waals surface area contributed by atoms with Crippen molar-refractivity contribution in [3.8, 4) is 22.6 Å². The summed E-state index contributed by atoms with van der Waals surface area (Å²) in [6.45, 7) is -0.688. The van der Waals surface area contributed by atoms with E-state index in [4.69, 9.17) is 14.3 Å². The fourth-order valence-electron chi connectivity index (χ4n) is 2.59. The number of fused-ring (bicyclic) bond motifs is 1. The molecule has 138 valence electrons. The lowest BCUT2D eigenvalue weighted by Crippen LogP contribution is -2.32. The van der Waals surface area contributed by atoms with Crippen molar-refractivity contribution in [2.24, 2.45) is 0 Å². The van der Waals surface area contributed by atoms with E-state index in [2.05, 4.69) is 0 Å². The summed E-state index contributed by atoms with van der Waals surface area (Å²) >= 11 is 0. The molecule has 0 aliphatic carbocycles. The Bertz CT molecular complexity index is 1080. The summed E-state index contributed by atoms with van der Waals surface area (Å²) in [5.41, 5.74) is -0.0322. The summed E-state index contributed by atoms with van der Waals surface area (Å²) < 4.78 is 10.3. The highest BCUT2D eigenvalue weighted by Crippen LogP contribution is 2.31. The van der Waals surface area contributed by atoms with Crippen molar-refractivity contribution in [1.29, 1.82) is 0 Å². The van der Waals surface area contributed by atoms with Crippen molar-refractivity contribution in [1.82, 2.24) is 5.32 Å². The molecule has 0 fully saturated rings. The van der Waals surface area contributed by atoms with Crippen LogP contribution in [-0.4, -0.2) is 35.7 Å². The summed E-state index contributed by atoms with van der Waals surface area (Å²) in [6, 6.07) is 12.0. The molecule has 0 atom stereocenters. The Morgan fingerprint density at radius 2 is 1.78 bits per heavy atom. The molecule has 0 spiro atoms. The van der Waals surface area contributed by atoms with E-state index in [1.54, 1.807) is 31.4 Å². The maximum atomic E-state index is 12.1. The number of aliphatic carboxylic acids is 1. The number of nitrogens with one attached hydrogen (secondary N) is 1. The second-order valence-electron chi connectivity index (χ2n) is 5.63. The normalized spacial score (nSPS) is 10.6. The Kier molecular flexibility index (Phi) is 4.80. The minimum absolute atomic E-state index is 0.0978. The molecule has 3 aromatic rings. The SMILES string of the molecule is COc1ccc(-c2ccc3c(O)c(C(=O)NCC(=O)O)c(=O)oc3c2)cc1. The van der Waals surface area contributed by atoms with E-state index in [9.17, 15) is 19.5 Å². The van der Waals surface area contributed by atoms with E-state index in [1.165, 1.54) is 6.07 Å². The van der Waals surface area contributed by atoms with Gasteiger partial charge in [-0.05, 0) is 35.4 Å². The zero-order valence-corrected chi connectivity index (χ0v) is 14.2. The topological polar surface area (TPSA) is 126 Å². The zero-order valence-electron chi connectivity index (χ0n) is 14.2. The number of carbonyl (C=O) groups is 2. The molecule has 8 heteroatoms. The maximum Gasteiger partial charge on any atom is 0.353 e. The number of carboxylic acids is 1. The second-order valence-corrected chi connectivity index (χ2v) is 5.63. The molecule has 3 N–H and O–H groups in total. The third-order valence-electron chi connectivity index (χ3n) is 3.93. The Labute approximate surface area is 152 Å². The van der Waals surface area contributed by atoms with Gasteiger partial charge >= 0.3 is 11.6 Å². The Hall–Kier alpha value is -3.81. The van der Waals surface area contributed by atoms with Gasteiger partial charge in [-0.1, -0.05) is 18.2 Å². The van der Waals surface area contributed by atoms with Gasteiger partial charge in [0.15, 0.2) is 5.56 Å². The molecule has 1 heterocycles. The summed E-state index contributed by atoms with van der Waals surface area (Å²) in [4.78, 5) is 34.6. The molecule has 0 aliphatic heterocycles. The fourth-order valence-corrected chi connectivity index (χ4v) is 2.59. The van der Waals surface area contributed by atoms with Crippen LogP contribution in [0.3, 0.4) is 0 Å². The smallest absolute Gasteiger partial charge is 0.353 e. The molecule has 2 aromatic carbocycles. The Balaban J connectivity index is 2.03. The number of methoxy groups -OCH3 is 1. The van der Waals surface area contributed by atoms with Crippen molar-refractivity contribution in [2.75, 3.05) is 13.7 Å². The van der Waals surface area contributed by atoms with Crippen molar-refractivity contribution < 1.29 is 29.0 Å². The van der Waals surface area contributed by atoms with Gasteiger partial charge in [-0.2, -0.15) is 0 Å². The molecule has 8 nitrogen and oxygen atoms in total. The predicted octanol–water partition coefficient (Wildman–Crippen LogP) is 1.99. The molecule has 0 radical (unpaired) electrons. The summed E-state index contributed by atoms with van der Waals surface area (Å²) in [6.07, 6.45) is 0. The first kappa shape index (κ1) is 18.0. The van der Waals surface area contributed by atoms with Gasteiger partial charge in [0.25, 0.3) is 5.91 Å². The van der Waals surface area contributed by atoms with Gasteiger partial charge < -0.3 is 24.7 Å². The number of hydrogen-bond donors (Lipinski definition) is 3. The number of ether oxygens (including phenoxy) is 1. The second kappa shape index (κ2) is 7.20. The zero-order chi connectivity index (χ0) is 19.6. The van der Waals surface area contributed by atoms with Gasteiger partial charge in [0.1, 0.15) is 23.6 Å². The highest BCUT2D eigenvalue weighted by atomic mass is 16.5. The molecular formula is C19H15NO7. The molecule has 27 heavy (non-hydrogen) atoms. The highest BCUT2D eigenvalue weighted by Gasteiger charge is 2.21. The van der Waals surface area contributed by atoms with Crippen LogP contribution in [0, 0.1) is 0 Å². The minimum Gasteiger partial charge on any atom is -0.506 e. The van der Waals surface area contributed by atoms with E-state index >= 15 is 0 Å². The van der Waals surface area contributed by atoms with Gasteiger partial charge in [0.2, 0.25) is 0 Å². The van der Waals surface area contributed by atoms with Crippen molar-refractivity contribution in [3.63, 3.8) is 0 Å². The average Bonchev–Trinajstić information content (AvgIpc) is 2.66. The monoisotopic (exact) mass is 369 g/mol. The maximum absolute atomic E-state index is 12.1. The van der Waals surface area contributed by atoms with E-state index in [-0.39, 0.29) is 11.0 Å². The van der Waals surface area contributed by atoms with E-state index in [1.807, 2.05) is 17.4 Å². The molecule has 0 saturated heterocycles. The number of hydrogen-bond acceptors (Lipinski definition) is 6. The van der Waals surface area contributed by atoms with Gasteiger partial charge in [-0.15, -0.1) is 0 Å². The molecule has 0 unspecified atom stereocenters. The van der Waals surface area contributed by atoms with E-state index in [0.717, 1.165) is 11.1 Å². The molecule has 3 rings (SSSR count). The lowest BCUT2D eigenvalue weighted by Gasteiger charge is -2.08. The first-order valence-electron chi connectivity index (χ1n) is 7.85. The van der Waals surface area contributed by atoms with Crippen molar-refractivity contribution in [2.45, 2.75) is 0 Å². The van der Waals surface area contributed by atoms with Crippen molar-refractivity contribution >= 4 is 22.8 Å². The largest absolute Gasteiger partial charge is 0.506 e. The Morgan fingerprint density at radius 1 is 1.11 bits per heavy atom. The van der Waals surface area contributed by atoms with Crippen molar-refractivity contribution in [3.05, 3.63) is 58.4 Å². The Morgan fingerprint density at radius 3 is 2.41 bits per heavy atom. The third kappa shape index (κ3) is 3.59. The molecule has 0 saturated carbocycles.